The van der Waals surface area contributed by atoms with Crippen LogP contribution in [-0.2, 0) is 17.6 Å². The summed E-state index contributed by atoms with van der Waals surface area (Å²) in [6, 6.07) is 14.5. The van der Waals surface area contributed by atoms with Gasteiger partial charge in [-0.25, -0.2) is 0 Å². The first kappa shape index (κ1) is 20.5. The Morgan fingerprint density at radius 1 is 1.18 bits per heavy atom. The number of hydrogen-bond acceptors (Lipinski definition) is 3. The molecule has 0 saturated carbocycles. The van der Waals surface area contributed by atoms with Crippen molar-refractivity contribution < 1.29 is 4.79 Å². The topological polar surface area (TPSA) is 36.4 Å². The van der Waals surface area contributed by atoms with Crippen LogP contribution in [0.4, 0.5) is 0 Å². The zero-order valence-electron chi connectivity index (χ0n) is 17.3. The molecule has 1 saturated heterocycles. The summed E-state index contributed by atoms with van der Waals surface area (Å²) in [4.78, 5) is 21.3. The number of carbonyl (C=O) groups excluding carboxylic acids is 1. The zero-order valence-corrected chi connectivity index (χ0v) is 17.3. The van der Waals surface area contributed by atoms with Crippen LogP contribution in [0.3, 0.4) is 0 Å². The molecule has 1 fully saturated rings. The van der Waals surface area contributed by atoms with Crippen molar-refractivity contribution in [3.05, 3.63) is 65.5 Å². The lowest BCUT2D eigenvalue weighted by atomic mass is 9.96. The minimum absolute atomic E-state index is 0.225. The second-order valence-corrected chi connectivity index (χ2v) is 8.08. The average Bonchev–Trinajstić information content (AvgIpc) is 2.72. The van der Waals surface area contributed by atoms with Crippen molar-refractivity contribution in [2.75, 3.05) is 33.2 Å². The van der Waals surface area contributed by atoms with Crippen molar-refractivity contribution in [3.8, 4) is 0 Å². The molecule has 1 atom stereocenters. The van der Waals surface area contributed by atoms with E-state index in [9.17, 15) is 4.79 Å². The van der Waals surface area contributed by atoms with Crippen LogP contribution in [0.2, 0.25) is 0 Å². The van der Waals surface area contributed by atoms with E-state index in [2.05, 4.69) is 41.1 Å². The maximum Gasteiger partial charge on any atom is 0.222 e. The third kappa shape index (κ3) is 6.16. The van der Waals surface area contributed by atoms with Gasteiger partial charge in [0, 0.05) is 45.0 Å². The highest BCUT2D eigenvalue weighted by Gasteiger charge is 2.22. The molecule has 1 aromatic carbocycles. The summed E-state index contributed by atoms with van der Waals surface area (Å²) in [7, 11) is 1.95. The van der Waals surface area contributed by atoms with Crippen molar-refractivity contribution in [1.82, 2.24) is 14.8 Å². The molecule has 28 heavy (non-hydrogen) atoms. The highest BCUT2D eigenvalue weighted by atomic mass is 16.2. The van der Waals surface area contributed by atoms with Crippen molar-refractivity contribution in [2.24, 2.45) is 5.92 Å². The molecule has 1 amide bonds. The Balaban J connectivity index is 1.42. The van der Waals surface area contributed by atoms with E-state index < -0.39 is 0 Å². The van der Waals surface area contributed by atoms with Gasteiger partial charge in [-0.15, -0.1) is 0 Å². The van der Waals surface area contributed by atoms with Gasteiger partial charge in [-0.3, -0.25) is 9.78 Å². The summed E-state index contributed by atoms with van der Waals surface area (Å²) in [6.45, 7) is 6.45. The Morgan fingerprint density at radius 2 is 2.00 bits per heavy atom. The molecule has 3 rings (SSSR count). The summed E-state index contributed by atoms with van der Waals surface area (Å²) in [6.07, 6.45) is 6.61. The molecule has 0 N–H and O–H groups in total. The zero-order chi connectivity index (χ0) is 19.8. The Kier molecular flexibility index (Phi) is 7.61. The summed E-state index contributed by atoms with van der Waals surface area (Å²) in [5.74, 6) is 0.803. The van der Waals surface area contributed by atoms with Crippen molar-refractivity contribution in [3.63, 3.8) is 0 Å². The van der Waals surface area contributed by atoms with Crippen LogP contribution in [0, 0.1) is 12.8 Å². The number of hydrogen-bond donors (Lipinski definition) is 0. The number of pyridine rings is 1. The van der Waals surface area contributed by atoms with Crippen LogP contribution < -0.4 is 0 Å². The number of amides is 1. The number of carbonyl (C=O) groups is 1. The van der Waals surface area contributed by atoms with Crippen LogP contribution in [0.5, 0.6) is 0 Å². The molecule has 0 aliphatic carbocycles. The third-order valence-corrected chi connectivity index (χ3v) is 5.84. The molecule has 0 spiro atoms. The molecule has 2 heterocycles. The summed E-state index contributed by atoms with van der Waals surface area (Å²) < 4.78 is 0. The molecule has 150 valence electrons. The summed E-state index contributed by atoms with van der Waals surface area (Å²) in [5.41, 5.74) is 3.82. The lowest BCUT2D eigenvalue weighted by Crippen LogP contribution is -2.42. The van der Waals surface area contributed by atoms with E-state index in [0.29, 0.717) is 12.3 Å². The maximum atomic E-state index is 12.5. The lowest BCUT2D eigenvalue weighted by Gasteiger charge is -2.35. The van der Waals surface area contributed by atoms with Gasteiger partial charge in [0.25, 0.3) is 0 Å². The minimum atomic E-state index is 0.225. The first-order valence-corrected chi connectivity index (χ1v) is 10.5. The first-order chi connectivity index (χ1) is 13.6. The molecule has 1 aliphatic heterocycles. The van der Waals surface area contributed by atoms with Gasteiger partial charge >= 0.3 is 0 Å². The van der Waals surface area contributed by atoms with E-state index in [4.69, 9.17) is 0 Å². The van der Waals surface area contributed by atoms with E-state index >= 15 is 0 Å². The number of aromatic nitrogens is 1. The van der Waals surface area contributed by atoms with Gasteiger partial charge in [0.1, 0.15) is 0 Å². The van der Waals surface area contributed by atoms with E-state index in [0.717, 1.165) is 38.2 Å². The normalized spacial score (nSPS) is 17.4. The van der Waals surface area contributed by atoms with Crippen LogP contribution in [0.25, 0.3) is 0 Å². The predicted molar refractivity (Wildman–Crippen MR) is 114 cm³/mol. The molecule has 0 unspecified atom stereocenters. The minimum Gasteiger partial charge on any atom is -0.345 e. The molecule has 4 nitrogen and oxygen atoms in total. The molecular formula is C24H33N3O. The maximum absolute atomic E-state index is 12.5. The second-order valence-electron chi connectivity index (χ2n) is 8.08. The first-order valence-electron chi connectivity index (χ1n) is 10.5. The Morgan fingerprint density at radius 3 is 2.79 bits per heavy atom. The third-order valence-electron chi connectivity index (χ3n) is 5.84. The number of nitrogens with zero attached hydrogens (tertiary/aromatic N) is 3. The van der Waals surface area contributed by atoms with Gasteiger partial charge < -0.3 is 9.80 Å². The standard InChI is InChI=1S/C24H33N3O/c1-20-8-3-4-10-22(20)14-17-27-16-7-9-21(19-27)18-26(2)24(28)13-12-23-11-5-6-15-25-23/h3-6,8,10-11,15,21H,7,9,12-14,16-19H2,1-2H3/t21-/m1/s1. The fourth-order valence-electron chi connectivity index (χ4n) is 4.13. The Labute approximate surface area is 169 Å². The van der Waals surface area contributed by atoms with Crippen molar-refractivity contribution in [2.45, 2.75) is 39.0 Å². The molecule has 1 aromatic heterocycles. The van der Waals surface area contributed by atoms with Crippen LogP contribution >= 0.6 is 0 Å². The summed E-state index contributed by atoms with van der Waals surface area (Å²) in [5, 5.41) is 0. The molecule has 1 aliphatic rings. The fraction of sp³-hybridized carbons (Fsp3) is 0.500. The Bertz CT molecular complexity index is 747. The quantitative estimate of drug-likeness (QED) is 0.701. The molecule has 0 bridgehead atoms. The number of piperidine rings is 1. The Hall–Kier alpha value is -2.20. The van der Waals surface area contributed by atoms with Crippen LogP contribution in [-0.4, -0.2) is 53.9 Å². The molecular weight excluding hydrogens is 346 g/mol. The summed E-state index contributed by atoms with van der Waals surface area (Å²) >= 11 is 0. The van der Waals surface area contributed by atoms with E-state index in [-0.39, 0.29) is 5.91 Å². The van der Waals surface area contributed by atoms with E-state index in [1.54, 1.807) is 6.20 Å². The van der Waals surface area contributed by atoms with E-state index in [1.165, 1.54) is 30.5 Å². The highest BCUT2D eigenvalue weighted by molar-refractivity contribution is 5.76. The number of aryl methyl sites for hydroxylation is 2. The average molecular weight is 380 g/mol. The lowest BCUT2D eigenvalue weighted by molar-refractivity contribution is -0.130. The predicted octanol–water partition coefficient (Wildman–Crippen LogP) is 3.74. The van der Waals surface area contributed by atoms with Gasteiger partial charge in [-0.2, -0.15) is 0 Å². The largest absolute Gasteiger partial charge is 0.345 e. The monoisotopic (exact) mass is 379 g/mol. The van der Waals surface area contributed by atoms with E-state index in [1.807, 2.05) is 30.1 Å². The van der Waals surface area contributed by atoms with Crippen LogP contribution in [0.1, 0.15) is 36.1 Å². The van der Waals surface area contributed by atoms with Gasteiger partial charge in [0.05, 0.1) is 0 Å². The molecule has 0 radical (unpaired) electrons. The second kappa shape index (κ2) is 10.4. The SMILES string of the molecule is Cc1ccccc1CCN1CCC[C@H](CN(C)C(=O)CCc2ccccn2)C1. The van der Waals surface area contributed by atoms with Crippen molar-refractivity contribution in [1.29, 1.82) is 0 Å². The van der Waals surface area contributed by atoms with Crippen molar-refractivity contribution >= 4 is 5.91 Å². The number of benzene rings is 1. The number of likely N-dealkylation sites (tertiary alicyclic amines) is 1. The highest BCUT2D eigenvalue weighted by Crippen LogP contribution is 2.19. The van der Waals surface area contributed by atoms with Gasteiger partial charge in [-0.05, 0) is 68.3 Å². The molecule has 4 heteroatoms. The molecule has 2 aromatic rings. The smallest absolute Gasteiger partial charge is 0.222 e. The number of rotatable bonds is 8. The van der Waals surface area contributed by atoms with Gasteiger partial charge in [-0.1, -0.05) is 30.3 Å². The van der Waals surface area contributed by atoms with Crippen LogP contribution in [0.15, 0.2) is 48.7 Å². The fourth-order valence-corrected chi connectivity index (χ4v) is 4.13. The van der Waals surface area contributed by atoms with Gasteiger partial charge in [0.15, 0.2) is 0 Å². The van der Waals surface area contributed by atoms with Gasteiger partial charge in [0.2, 0.25) is 5.91 Å².